The molecule has 17 heavy (non-hydrogen) atoms. The minimum absolute atomic E-state index is 0.0950. The summed E-state index contributed by atoms with van der Waals surface area (Å²) < 4.78 is 0. The van der Waals surface area contributed by atoms with Gasteiger partial charge in [-0.1, -0.05) is 18.8 Å². The lowest BCUT2D eigenvalue weighted by Gasteiger charge is -2.14. The molecular formula is C13H17NO2S. The van der Waals surface area contributed by atoms with Crippen molar-refractivity contribution in [2.45, 2.75) is 26.3 Å². The molecule has 0 unspecified atom stereocenters. The van der Waals surface area contributed by atoms with Gasteiger partial charge in [-0.25, -0.2) is 0 Å². The van der Waals surface area contributed by atoms with E-state index in [2.05, 4.69) is 11.8 Å². The lowest BCUT2D eigenvalue weighted by molar-refractivity contribution is -0.130. The average Bonchev–Trinajstić information content (AvgIpc) is 2.76. The Labute approximate surface area is 106 Å². The highest BCUT2D eigenvalue weighted by molar-refractivity contribution is 7.10. The third-order valence-electron chi connectivity index (χ3n) is 2.24. The maximum Gasteiger partial charge on any atom is 0.222 e. The van der Waals surface area contributed by atoms with Crippen LogP contribution in [0.4, 0.5) is 0 Å². The SMILES string of the molecule is CCC(=O)N(C)Cc1cc(C#CCCO)cs1. The van der Waals surface area contributed by atoms with Crippen molar-refractivity contribution >= 4 is 17.2 Å². The summed E-state index contributed by atoms with van der Waals surface area (Å²) in [7, 11) is 1.81. The van der Waals surface area contributed by atoms with E-state index in [-0.39, 0.29) is 12.5 Å². The minimum atomic E-state index is 0.0950. The fraction of sp³-hybridized carbons (Fsp3) is 0.462. The molecule has 1 aromatic heterocycles. The van der Waals surface area contributed by atoms with E-state index >= 15 is 0 Å². The number of nitrogens with zero attached hydrogens (tertiary/aromatic N) is 1. The zero-order valence-corrected chi connectivity index (χ0v) is 11.0. The van der Waals surface area contributed by atoms with Gasteiger partial charge in [0.15, 0.2) is 0 Å². The molecule has 1 heterocycles. The summed E-state index contributed by atoms with van der Waals surface area (Å²) in [5, 5.41) is 10.6. The first-order valence-corrected chi connectivity index (χ1v) is 6.46. The topological polar surface area (TPSA) is 40.5 Å². The highest BCUT2D eigenvalue weighted by Crippen LogP contribution is 2.15. The second-order valence-corrected chi connectivity index (χ2v) is 4.68. The molecule has 0 bridgehead atoms. The maximum absolute atomic E-state index is 11.4. The minimum Gasteiger partial charge on any atom is -0.395 e. The van der Waals surface area contributed by atoms with Crippen LogP contribution in [-0.4, -0.2) is 29.6 Å². The first-order valence-electron chi connectivity index (χ1n) is 5.58. The molecule has 0 radical (unpaired) electrons. The van der Waals surface area contributed by atoms with E-state index in [0.717, 1.165) is 10.4 Å². The Morgan fingerprint density at radius 3 is 3.00 bits per heavy atom. The Balaban J connectivity index is 2.57. The van der Waals surface area contributed by atoms with E-state index in [4.69, 9.17) is 5.11 Å². The molecule has 0 spiro atoms. The van der Waals surface area contributed by atoms with Gasteiger partial charge in [0.2, 0.25) is 5.91 Å². The quantitative estimate of drug-likeness (QED) is 0.830. The lowest BCUT2D eigenvalue weighted by Crippen LogP contribution is -2.24. The predicted octanol–water partition coefficient (Wildman–Crippen LogP) is 1.85. The summed E-state index contributed by atoms with van der Waals surface area (Å²) in [4.78, 5) is 14.3. The number of aliphatic hydroxyl groups is 1. The van der Waals surface area contributed by atoms with Crippen molar-refractivity contribution in [3.63, 3.8) is 0 Å². The molecule has 1 rings (SSSR count). The van der Waals surface area contributed by atoms with E-state index in [1.807, 2.05) is 25.4 Å². The molecule has 0 fully saturated rings. The molecule has 0 aliphatic rings. The number of rotatable bonds is 4. The standard InChI is InChI=1S/C13H17NO2S/c1-3-13(16)14(2)9-12-8-11(10-17-12)6-4-5-7-15/h8,10,15H,3,5,7,9H2,1-2H3. The van der Waals surface area contributed by atoms with Crippen LogP contribution in [0.5, 0.6) is 0 Å². The van der Waals surface area contributed by atoms with E-state index in [1.165, 1.54) is 0 Å². The van der Waals surface area contributed by atoms with Crippen LogP contribution >= 0.6 is 11.3 Å². The van der Waals surface area contributed by atoms with Crippen molar-refractivity contribution in [2.75, 3.05) is 13.7 Å². The molecule has 0 aliphatic heterocycles. The van der Waals surface area contributed by atoms with Crippen LogP contribution in [0, 0.1) is 11.8 Å². The second kappa shape index (κ2) is 7.10. The molecule has 1 amide bonds. The Morgan fingerprint density at radius 1 is 1.59 bits per heavy atom. The van der Waals surface area contributed by atoms with Crippen LogP contribution in [-0.2, 0) is 11.3 Å². The van der Waals surface area contributed by atoms with Gasteiger partial charge >= 0.3 is 0 Å². The summed E-state index contributed by atoms with van der Waals surface area (Å²) in [6.45, 7) is 2.59. The zero-order chi connectivity index (χ0) is 12.7. The third-order valence-corrected chi connectivity index (χ3v) is 3.17. The number of amides is 1. The van der Waals surface area contributed by atoms with Crippen molar-refractivity contribution in [1.82, 2.24) is 4.90 Å². The van der Waals surface area contributed by atoms with Crippen molar-refractivity contribution < 1.29 is 9.90 Å². The van der Waals surface area contributed by atoms with E-state index in [9.17, 15) is 4.79 Å². The molecule has 4 heteroatoms. The molecule has 0 saturated heterocycles. The first kappa shape index (κ1) is 13.8. The van der Waals surface area contributed by atoms with Crippen LogP contribution in [0.2, 0.25) is 0 Å². The molecule has 1 N–H and O–H groups in total. The maximum atomic E-state index is 11.4. The van der Waals surface area contributed by atoms with Gasteiger partial charge in [-0.05, 0) is 6.07 Å². The zero-order valence-electron chi connectivity index (χ0n) is 10.2. The second-order valence-electron chi connectivity index (χ2n) is 3.68. The molecule has 0 aliphatic carbocycles. The number of carbonyl (C=O) groups excluding carboxylic acids is 1. The first-order chi connectivity index (χ1) is 8.17. The van der Waals surface area contributed by atoms with Crippen molar-refractivity contribution in [3.8, 4) is 11.8 Å². The third kappa shape index (κ3) is 4.59. The van der Waals surface area contributed by atoms with Crippen molar-refractivity contribution in [2.24, 2.45) is 0 Å². The van der Waals surface area contributed by atoms with Gasteiger partial charge in [0.1, 0.15) is 0 Å². The van der Waals surface area contributed by atoms with Crippen LogP contribution in [0.1, 0.15) is 30.2 Å². The van der Waals surface area contributed by atoms with Gasteiger partial charge < -0.3 is 10.0 Å². The summed E-state index contributed by atoms with van der Waals surface area (Å²) >= 11 is 1.60. The Bertz CT molecular complexity index is 428. The Morgan fingerprint density at radius 2 is 2.35 bits per heavy atom. The highest BCUT2D eigenvalue weighted by Gasteiger charge is 2.07. The summed E-state index contributed by atoms with van der Waals surface area (Å²) in [6.07, 6.45) is 1.03. The molecule has 0 saturated carbocycles. The number of hydrogen-bond acceptors (Lipinski definition) is 3. The molecule has 92 valence electrons. The highest BCUT2D eigenvalue weighted by atomic mass is 32.1. The van der Waals surface area contributed by atoms with E-state index in [0.29, 0.717) is 19.4 Å². The van der Waals surface area contributed by atoms with Gasteiger partial charge in [0.25, 0.3) is 0 Å². The smallest absolute Gasteiger partial charge is 0.222 e. The van der Waals surface area contributed by atoms with Gasteiger partial charge in [-0.2, -0.15) is 0 Å². The largest absolute Gasteiger partial charge is 0.395 e. The molecular weight excluding hydrogens is 234 g/mol. The number of hydrogen-bond donors (Lipinski definition) is 1. The fourth-order valence-electron chi connectivity index (χ4n) is 1.34. The van der Waals surface area contributed by atoms with Crippen LogP contribution < -0.4 is 0 Å². The van der Waals surface area contributed by atoms with Crippen LogP contribution in [0.3, 0.4) is 0 Å². The Kier molecular flexibility index (Phi) is 5.75. The molecule has 0 aromatic carbocycles. The van der Waals surface area contributed by atoms with E-state index < -0.39 is 0 Å². The monoisotopic (exact) mass is 251 g/mol. The van der Waals surface area contributed by atoms with Gasteiger partial charge in [0.05, 0.1) is 13.2 Å². The van der Waals surface area contributed by atoms with Crippen molar-refractivity contribution in [3.05, 3.63) is 21.9 Å². The summed E-state index contributed by atoms with van der Waals surface area (Å²) in [5.74, 6) is 6.00. The number of thiophene rings is 1. The number of carbonyl (C=O) groups is 1. The van der Waals surface area contributed by atoms with Crippen LogP contribution in [0.25, 0.3) is 0 Å². The lowest BCUT2D eigenvalue weighted by atomic mass is 10.3. The normalized spacial score (nSPS) is 9.59. The molecule has 0 atom stereocenters. The number of aliphatic hydroxyl groups excluding tert-OH is 1. The molecule has 3 nitrogen and oxygen atoms in total. The van der Waals surface area contributed by atoms with Gasteiger partial charge in [-0.3, -0.25) is 4.79 Å². The predicted molar refractivity (Wildman–Crippen MR) is 69.7 cm³/mol. The summed E-state index contributed by atoms with van der Waals surface area (Å²) in [5.41, 5.74) is 0.954. The average molecular weight is 251 g/mol. The molecule has 1 aromatic rings. The van der Waals surface area contributed by atoms with Gasteiger partial charge in [-0.15, -0.1) is 11.3 Å². The fourth-order valence-corrected chi connectivity index (χ4v) is 2.21. The van der Waals surface area contributed by atoms with E-state index in [1.54, 1.807) is 16.2 Å². The van der Waals surface area contributed by atoms with Crippen LogP contribution in [0.15, 0.2) is 11.4 Å². The van der Waals surface area contributed by atoms with Gasteiger partial charge in [0, 0.05) is 35.7 Å². The Hall–Kier alpha value is -1.31. The van der Waals surface area contributed by atoms with Crippen molar-refractivity contribution in [1.29, 1.82) is 0 Å². The summed E-state index contributed by atoms with van der Waals surface area (Å²) in [6, 6.07) is 1.99.